The summed E-state index contributed by atoms with van der Waals surface area (Å²) in [5.74, 6) is 0. The van der Waals surface area contributed by atoms with Crippen LogP contribution in [-0.4, -0.2) is 34.2 Å². The lowest BCUT2D eigenvalue weighted by molar-refractivity contribution is 0.0668. The molecule has 0 aliphatic carbocycles. The maximum absolute atomic E-state index is 9.56. The van der Waals surface area contributed by atoms with Gasteiger partial charge >= 0.3 is 0 Å². The zero-order valence-electron chi connectivity index (χ0n) is 8.87. The molecule has 3 nitrogen and oxygen atoms in total. The van der Waals surface area contributed by atoms with Gasteiger partial charge in [0.1, 0.15) is 10.3 Å². The van der Waals surface area contributed by atoms with Gasteiger partial charge in [-0.05, 0) is 37.1 Å². The molecular weight excluding hydrogens is 247 g/mol. The lowest BCUT2D eigenvalue weighted by atomic mass is 10.1. The molecule has 5 heteroatoms. The van der Waals surface area contributed by atoms with Crippen LogP contribution in [0.3, 0.4) is 0 Å². The second-order valence-electron chi connectivity index (χ2n) is 4.15. The van der Waals surface area contributed by atoms with Crippen molar-refractivity contribution in [3.63, 3.8) is 0 Å². The van der Waals surface area contributed by atoms with Gasteiger partial charge in [-0.25, -0.2) is 4.98 Å². The number of hydrogen-bond acceptors (Lipinski definition) is 3. The van der Waals surface area contributed by atoms with Gasteiger partial charge in [0.2, 0.25) is 0 Å². The molecule has 0 amide bonds. The van der Waals surface area contributed by atoms with Crippen LogP contribution in [0, 0.1) is 0 Å². The van der Waals surface area contributed by atoms with Crippen molar-refractivity contribution in [3.05, 3.63) is 28.0 Å². The van der Waals surface area contributed by atoms with Gasteiger partial charge in [-0.3, -0.25) is 4.90 Å². The molecular formula is C11H14Cl2N2O. The minimum Gasteiger partial charge on any atom is -0.392 e. The monoisotopic (exact) mass is 260 g/mol. The van der Waals surface area contributed by atoms with Crippen LogP contribution >= 0.6 is 23.2 Å². The molecule has 1 saturated heterocycles. The van der Waals surface area contributed by atoms with E-state index in [4.69, 9.17) is 23.2 Å². The number of likely N-dealkylation sites (tertiary alicyclic amines) is 1. The summed E-state index contributed by atoms with van der Waals surface area (Å²) in [5.41, 5.74) is 1.04. The van der Waals surface area contributed by atoms with E-state index in [0.29, 0.717) is 10.3 Å². The number of aliphatic hydroxyl groups excluding tert-OH is 1. The van der Waals surface area contributed by atoms with Crippen molar-refractivity contribution < 1.29 is 5.11 Å². The molecule has 1 aromatic heterocycles. The van der Waals surface area contributed by atoms with E-state index in [0.717, 1.165) is 38.0 Å². The van der Waals surface area contributed by atoms with E-state index in [2.05, 4.69) is 9.88 Å². The summed E-state index contributed by atoms with van der Waals surface area (Å²) in [6, 6.07) is 3.63. The quantitative estimate of drug-likeness (QED) is 0.830. The fourth-order valence-electron chi connectivity index (χ4n) is 2.04. The average molecular weight is 261 g/mol. The first-order valence-corrected chi connectivity index (χ1v) is 6.11. The first-order valence-electron chi connectivity index (χ1n) is 5.36. The highest BCUT2D eigenvalue weighted by molar-refractivity contribution is 6.32. The molecule has 0 spiro atoms. The molecule has 1 aliphatic rings. The third-order valence-corrected chi connectivity index (χ3v) is 3.10. The van der Waals surface area contributed by atoms with Crippen LogP contribution in [0.1, 0.15) is 18.4 Å². The molecule has 1 aromatic rings. The van der Waals surface area contributed by atoms with Gasteiger partial charge in [0.05, 0.1) is 6.10 Å². The maximum Gasteiger partial charge on any atom is 0.131 e. The summed E-state index contributed by atoms with van der Waals surface area (Å²) in [4.78, 5) is 6.11. The third-order valence-electron chi connectivity index (χ3n) is 2.71. The Morgan fingerprint density at radius 3 is 2.69 bits per heavy atom. The Morgan fingerprint density at radius 1 is 1.38 bits per heavy atom. The van der Waals surface area contributed by atoms with Crippen molar-refractivity contribution in [2.45, 2.75) is 25.5 Å². The number of aromatic nitrogens is 1. The highest BCUT2D eigenvalue weighted by Gasteiger charge is 2.17. The standard InChI is InChI=1S/C11H14Cl2N2O/c12-10-4-8(5-11(13)14-10)6-15-3-1-2-9(16)7-15/h4-5,9,16H,1-3,6-7H2. The van der Waals surface area contributed by atoms with E-state index in [1.54, 1.807) is 0 Å². The number of nitrogens with zero attached hydrogens (tertiary/aromatic N) is 2. The van der Waals surface area contributed by atoms with E-state index in [9.17, 15) is 5.11 Å². The average Bonchev–Trinajstić information content (AvgIpc) is 2.15. The lowest BCUT2D eigenvalue weighted by Crippen LogP contribution is -2.37. The summed E-state index contributed by atoms with van der Waals surface area (Å²) in [7, 11) is 0. The maximum atomic E-state index is 9.56. The Morgan fingerprint density at radius 2 is 2.06 bits per heavy atom. The smallest absolute Gasteiger partial charge is 0.131 e. The van der Waals surface area contributed by atoms with Crippen LogP contribution in [0.25, 0.3) is 0 Å². The van der Waals surface area contributed by atoms with Crippen LogP contribution < -0.4 is 0 Å². The van der Waals surface area contributed by atoms with Crippen LogP contribution in [0.15, 0.2) is 12.1 Å². The van der Waals surface area contributed by atoms with Gasteiger partial charge in [-0.15, -0.1) is 0 Å². The Labute approximate surface area is 105 Å². The first-order chi connectivity index (χ1) is 7.63. The van der Waals surface area contributed by atoms with E-state index in [1.165, 1.54) is 0 Å². The Kier molecular flexibility index (Phi) is 4.03. The number of halogens is 2. The first kappa shape index (κ1) is 12.1. The Bertz CT molecular complexity index is 353. The molecule has 0 radical (unpaired) electrons. The van der Waals surface area contributed by atoms with E-state index in [1.807, 2.05) is 12.1 Å². The predicted octanol–water partition coefficient (Wildman–Crippen LogP) is 2.35. The lowest BCUT2D eigenvalue weighted by Gasteiger charge is -2.29. The van der Waals surface area contributed by atoms with E-state index in [-0.39, 0.29) is 6.10 Å². The number of β-amino-alcohol motifs (C(OH)–C–C–N with tert-alkyl or cyclic N) is 1. The Hall–Kier alpha value is -0.350. The van der Waals surface area contributed by atoms with Gasteiger partial charge in [0.15, 0.2) is 0 Å². The van der Waals surface area contributed by atoms with Crippen LogP contribution in [-0.2, 0) is 6.54 Å². The normalized spacial score (nSPS) is 22.3. The molecule has 16 heavy (non-hydrogen) atoms. The van der Waals surface area contributed by atoms with Gasteiger partial charge < -0.3 is 5.11 Å². The SMILES string of the molecule is OC1CCCN(Cc2cc(Cl)nc(Cl)c2)C1. The van der Waals surface area contributed by atoms with Crippen molar-refractivity contribution in [1.29, 1.82) is 0 Å². The summed E-state index contributed by atoms with van der Waals surface area (Å²) in [5, 5.41) is 10.4. The van der Waals surface area contributed by atoms with Crippen LogP contribution in [0.2, 0.25) is 10.3 Å². The van der Waals surface area contributed by atoms with Crippen molar-refractivity contribution in [2.75, 3.05) is 13.1 Å². The van der Waals surface area contributed by atoms with Crippen LogP contribution in [0.5, 0.6) is 0 Å². The highest BCUT2D eigenvalue weighted by Crippen LogP contribution is 2.18. The molecule has 2 heterocycles. The Balaban J connectivity index is 2.02. The van der Waals surface area contributed by atoms with Gasteiger partial charge in [-0.1, -0.05) is 23.2 Å². The van der Waals surface area contributed by atoms with E-state index >= 15 is 0 Å². The fourth-order valence-corrected chi connectivity index (χ4v) is 2.54. The fraction of sp³-hybridized carbons (Fsp3) is 0.545. The second kappa shape index (κ2) is 5.32. The van der Waals surface area contributed by atoms with Crippen molar-refractivity contribution in [1.82, 2.24) is 9.88 Å². The molecule has 1 aliphatic heterocycles. The molecule has 1 atom stereocenters. The molecule has 2 rings (SSSR count). The molecule has 1 unspecified atom stereocenters. The summed E-state index contributed by atoms with van der Waals surface area (Å²) in [6.45, 7) is 2.49. The van der Waals surface area contributed by atoms with Gasteiger partial charge in [0.25, 0.3) is 0 Å². The van der Waals surface area contributed by atoms with Crippen LogP contribution in [0.4, 0.5) is 0 Å². The minimum absolute atomic E-state index is 0.207. The van der Waals surface area contributed by atoms with Crippen molar-refractivity contribution in [3.8, 4) is 0 Å². The third kappa shape index (κ3) is 3.32. The second-order valence-corrected chi connectivity index (χ2v) is 4.93. The molecule has 1 N–H and O–H groups in total. The number of piperidine rings is 1. The largest absolute Gasteiger partial charge is 0.392 e. The number of pyridine rings is 1. The number of rotatable bonds is 2. The predicted molar refractivity (Wildman–Crippen MR) is 64.8 cm³/mol. The zero-order chi connectivity index (χ0) is 11.5. The summed E-state index contributed by atoms with van der Waals surface area (Å²) >= 11 is 11.7. The molecule has 88 valence electrons. The molecule has 1 fully saturated rings. The topological polar surface area (TPSA) is 36.4 Å². The minimum atomic E-state index is -0.207. The summed E-state index contributed by atoms with van der Waals surface area (Å²) in [6.07, 6.45) is 1.73. The number of hydrogen-bond donors (Lipinski definition) is 1. The molecule has 0 bridgehead atoms. The van der Waals surface area contributed by atoms with E-state index < -0.39 is 0 Å². The number of aliphatic hydroxyl groups is 1. The zero-order valence-corrected chi connectivity index (χ0v) is 10.4. The van der Waals surface area contributed by atoms with Crippen molar-refractivity contribution >= 4 is 23.2 Å². The summed E-state index contributed by atoms with van der Waals surface area (Å²) < 4.78 is 0. The molecule has 0 aromatic carbocycles. The molecule has 0 saturated carbocycles. The van der Waals surface area contributed by atoms with Crippen molar-refractivity contribution in [2.24, 2.45) is 0 Å². The van der Waals surface area contributed by atoms with Gasteiger partial charge in [0, 0.05) is 13.1 Å². The van der Waals surface area contributed by atoms with Gasteiger partial charge in [-0.2, -0.15) is 0 Å². The highest BCUT2D eigenvalue weighted by atomic mass is 35.5.